The Morgan fingerprint density at radius 3 is 2.29 bits per heavy atom. The van der Waals surface area contributed by atoms with Crippen molar-refractivity contribution in [2.24, 2.45) is 0 Å². The lowest BCUT2D eigenvalue weighted by Crippen LogP contribution is -2.12. The molecule has 1 N–H and O–H groups in total. The van der Waals surface area contributed by atoms with Crippen LogP contribution in [0.3, 0.4) is 0 Å². The van der Waals surface area contributed by atoms with E-state index in [2.05, 4.69) is 31.1 Å². The van der Waals surface area contributed by atoms with Gasteiger partial charge in [0.25, 0.3) is 0 Å². The van der Waals surface area contributed by atoms with Gasteiger partial charge in [-0.3, -0.25) is 0 Å². The fraction of sp³-hybridized carbons (Fsp3) is 0.471. The van der Waals surface area contributed by atoms with E-state index < -0.39 is 6.10 Å². The van der Waals surface area contributed by atoms with Gasteiger partial charge in [0.1, 0.15) is 0 Å². The van der Waals surface area contributed by atoms with Gasteiger partial charge in [-0.1, -0.05) is 32.9 Å². The predicted molar refractivity (Wildman–Crippen MR) is 90.2 cm³/mol. The summed E-state index contributed by atoms with van der Waals surface area (Å²) in [5.41, 5.74) is 3.23. The Morgan fingerprint density at radius 2 is 1.81 bits per heavy atom. The van der Waals surface area contributed by atoms with Crippen LogP contribution in [0, 0.1) is 0 Å². The lowest BCUT2D eigenvalue weighted by molar-refractivity contribution is 0.178. The molecule has 0 bridgehead atoms. The summed E-state index contributed by atoms with van der Waals surface area (Å²) in [6.45, 7) is 6.46. The van der Waals surface area contributed by atoms with Crippen molar-refractivity contribution in [3.8, 4) is 0 Å². The standard InChI is InChI=1S/C17H24N2OS/c1-17(2,3)15-11-21-16(18-15)10-14(20)12-6-8-13(9-7-12)19(4)5/h6-9,11,14,20H,10H2,1-5H3. The van der Waals surface area contributed by atoms with E-state index in [1.165, 1.54) is 0 Å². The predicted octanol–water partition coefficient (Wildman–Crippen LogP) is 3.78. The number of anilines is 1. The normalized spacial score (nSPS) is 13.2. The molecule has 3 nitrogen and oxygen atoms in total. The lowest BCUT2D eigenvalue weighted by Gasteiger charge is -2.15. The third kappa shape index (κ3) is 4.05. The Labute approximate surface area is 131 Å². The Balaban J connectivity index is 2.07. The van der Waals surface area contributed by atoms with Gasteiger partial charge in [-0.15, -0.1) is 11.3 Å². The summed E-state index contributed by atoms with van der Waals surface area (Å²) in [6.07, 6.45) is 0.0717. The first-order chi connectivity index (χ1) is 9.77. The Morgan fingerprint density at radius 1 is 1.19 bits per heavy atom. The minimum absolute atomic E-state index is 0.0626. The summed E-state index contributed by atoms with van der Waals surface area (Å²) in [5, 5.41) is 13.5. The van der Waals surface area contributed by atoms with Crippen LogP contribution < -0.4 is 4.90 Å². The number of aliphatic hydroxyl groups is 1. The monoisotopic (exact) mass is 304 g/mol. The zero-order valence-corrected chi connectivity index (χ0v) is 14.2. The molecule has 21 heavy (non-hydrogen) atoms. The third-order valence-electron chi connectivity index (χ3n) is 3.48. The van der Waals surface area contributed by atoms with Crippen LogP contribution in [-0.4, -0.2) is 24.2 Å². The van der Waals surface area contributed by atoms with Gasteiger partial charge in [-0.25, -0.2) is 4.98 Å². The molecule has 0 saturated carbocycles. The van der Waals surface area contributed by atoms with E-state index in [1.54, 1.807) is 11.3 Å². The molecule has 4 heteroatoms. The molecule has 1 aromatic heterocycles. The number of hydrogen-bond acceptors (Lipinski definition) is 4. The number of aliphatic hydroxyl groups excluding tert-OH is 1. The molecule has 0 fully saturated rings. The minimum atomic E-state index is -0.500. The van der Waals surface area contributed by atoms with Gasteiger partial charge in [-0.2, -0.15) is 0 Å². The van der Waals surface area contributed by atoms with Gasteiger partial charge < -0.3 is 10.0 Å². The van der Waals surface area contributed by atoms with Crippen LogP contribution in [0.4, 0.5) is 5.69 Å². The number of aromatic nitrogens is 1. The van der Waals surface area contributed by atoms with Crippen molar-refractivity contribution in [3.63, 3.8) is 0 Å². The van der Waals surface area contributed by atoms with Crippen molar-refractivity contribution in [1.82, 2.24) is 4.98 Å². The molecule has 0 saturated heterocycles. The highest BCUT2D eigenvalue weighted by Crippen LogP contribution is 2.27. The molecule has 2 rings (SSSR count). The molecule has 1 atom stereocenters. The molecule has 1 heterocycles. The molecule has 0 aliphatic carbocycles. The van der Waals surface area contributed by atoms with Crippen LogP contribution in [0.1, 0.15) is 43.1 Å². The van der Waals surface area contributed by atoms with E-state index in [0.29, 0.717) is 6.42 Å². The van der Waals surface area contributed by atoms with Crippen LogP contribution in [0.5, 0.6) is 0 Å². The van der Waals surface area contributed by atoms with E-state index in [9.17, 15) is 5.11 Å². The van der Waals surface area contributed by atoms with E-state index in [0.717, 1.165) is 22.0 Å². The molecular formula is C17H24N2OS. The maximum atomic E-state index is 10.4. The van der Waals surface area contributed by atoms with E-state index in [1.807, 2.05) is 43.3 Å². The molecular weight excluding hydrogens is 280 g/mol. The molecule has 0 amide bonds. The summed E-state index contributed by atoms with van der Waals surface area (Å²) < 4.78 is 0. The van der Waals surface area contributed by atoms with Crippen molar-refractivity contribution in [3.05, 3.63) is 45.9 Å². The highest BCUT2D eigenvalue weighted by Gasteiger charge is 2.19. The van der Waals surface area contributed by atoms with Crippen molar-refractivity contribution in [2.75, 3.05) is 19.0 Å². The Bertz CT molecular complexity index is 582. The van der Waals surface area contributed by atoms with Crippen molar-refractivity contribution in [2.45, 2.75) is 38.7 Å². The zero-order valence-electron chi connectivity index (χ0n) is 13.4. The van der Waals surface area contributed by atoms with Gasteiger partial charge in [-0.05, 0) is 17.7 Å². The second kappa shape index (κ2) is 6.16. The molecule has 0 aliphatic heterocycles. The van der Waals surface area contributed by atoms with Crippen molar-refractivity contribution >= 4 is 17.0 Å². The van der Waals surface area contributed by atoms with E-state index in [-0.39, 0.29) is 5.41 Å². The number of nitrogens with zero attached hydrogens (tertiary/aromatic N) is 2. The van der Waals surface area contributed by atoms with Gasteiger partial charge >= 0.3 is 0 Å². The summed E-state index contributed by atoms with van der Waals surface area (Å²) >= 11 is 1.63. The quantitative estimate of drug-likeness (QED) is 0.934. The number of rotatable bonds is 4. The van der Waals surface area contributed by atoms with Crippen molar-refractivity contribution in [1.29, 1.82) is 0 Å². The van der Waals surface area contributed by atoms with Gasteiger partial charge in [0.05, 0.1) is 16.8 Å². The summed E-state index contributed by atoms with van der Waals surface area (Å²) in [6, 6.07) is 8.03. The first-order valence-electron chi connectivity index (χ1n) is 7.17. The first kappa shape index (κ1) is 16.0. The summed E-state index contributed by atoms with van der Waals surface area (Å²) in [5.74, 6) is 0. The van der Waals surface area contributed by atoms with Crippen LogP contribution in [0.15, 0.2) is 29.6 Å². The van der Waals surface area contributed by atoms with Crippen molar-refractivity contribution < 1.29 is 5.11 Å². The number of hydrogen-bond donors (Lipinski definition) is 1. The van der Waals surface area contributed by atoms with Crippen LogP contribution in [0.25, 0.3) is 0 Å². The summed E-state index contributed by atoms with van der Waals surface area (Å²) in [4.78, 5) is 6.69. The average molecular weight is 304 g/mol. The van der Waals surface area contributed by atoms with E-state index in [4.69, 9.17) is 0 Å². The fourth-order valence-corrected chi connectivity index (χ4v) is 3.09. The van der Waals surface area contributed by atoms with Crippen LogP contribution in [-0.2, 0) is 11.8 Å². The number of thiazole rings is 1. The van der Waals surface area contributed by atoms with Gasteiger partial charge in [0, 0.05) is 37.0 Å². The van der Waals surface area contributed by atoms with Crippen LogP contribution >= 0.6 is 11.3 Å². The molecule has 0 radical (unpaired) electrons. The maximum absolute atomic E-state index is 10.4. The van der Waals surface area contributed by atoms with Crippen LogP contribution in [0.2, 0.25) is 0 Å². The number of benzene rings is 1. The molecule has 0 aliphatic rings. The minimum Gasteiger partial charge on any atom is -0.388 e. The van der Waals surface area contributed by atoms with Gasteiger partial charge in [0.2, 0.25) is 0 Å². The van der Waals surface area contributed by atoms with Gasteiger partial charge in [0.15, 0.2) is 0 Å². The molecule has 114 valence electrons. The molecule has 2 aromatic rings. The third-order valence-corrected chi connectivity index (χ3v) is 4.35. The molecule has 1 unspecified atom stereocenters. The average Bonchev–Trinajstić information content (AvgIpc) is 2.87. The second-order valence-corrected chi connectivity index (χ2v) is 7.53. The van der Waals surface area contributed by atoms with E-state index >= 15 is 0 Å². The molecule has 1 aromatic carbocycles. The SMILES string of the molecule is CN(C)c1ccc(C(O)Cc2nc(C(C)(C)C)cs2)cc1. The Kier molecular flexibility index (Phi) is 4.69. The second-order valence-electron chi connectivity index (χ2n) is 6.58. The lowest BCUT2D eigenvalue weighted by atomic mass is 9.93. The maximum Gasteiger partial charge on any atom is 0.0957 e. The zero-order chi connectivity index (χ0) is 15.6. The fourth-order valence-electron chi connectivity index (χ4n) is 2.03. The Hall–Kier alpha value is -1.39. The summed E-state index contributed by atoms with van der Waals surface area (Å²) in [7, 11) is 4.02. The highest BCUT2D eigenvalue weighted by atomic mass is 32.1. The molecule has 0 spiro atoms. The highest BCUT2D eigenvalue weighted by molar-refractivity contribution is 7.09. The first-order valence-corrected chi connectivity index (χ1v) is 8.05. The topological polar surface area (TPSA) is 36.4 Å². The smallest absolute Gasteiger partial charge is 0.0957 e. The largest absolute Gasteiger partial charge is 0.388 e.